The maximum absolute atomic E-state index is 11.5. The van der Waals surface area contributed by atoms with E-state index in [1.807, 2.05) is 31.4 Å². The van der Waals surface area contributed by atoms with Crippen LogP contribution in [0, 0.1) is 0 Å². The second-order valence-corrected chi connectivity index (χ2v) is 6.15. The molecule has 1 atom stereocenters. The summed E-state index contributed by atoms with van der Waals surface area (Å²) in [4.78, 5) is 17.9. The van der Waals surface area contributed by atoms with Gasteiger partial charge in [-0.1, -0.05) is 17.8 Å². The van der Waals surface area contributed by atoms with Crippen molar-refractivity contribution in [2.24, 2.45) is 0 Å². The third-order valence-electron chi connectivity index (χ3n) is 3.50. The molecule has 7 nitrogen and oxygen atoms in total. The number of thioether (sulfide) groups is 1. The number of hydrogen-bond acceptors (Lipinski definition) is 7. The van der Waals surface area contributed by atoms with Crippen LogP contribution in [-0.4, -0.2) is 44.8 Å². The number of esters is 1. The van der Waals surface area contributed by atoms with E-state index in [-0.39, 0.29) is 18.0 Å². The predicted octanol–water partition coefficient (Wildman–Crippen LogP) is 2.21. The van der Waals surface area contributed by atoms with Crippen LogP contribution in [0.5, 0.6) is 0 Å². The predicted molar refractivity (Wildman–Crippen MR) is 93.8 cm³/mol. The minimum absolute atomic E-state index is 0.0586. The molecule has 0 amide bonds. The number of nitrogens with zero attached hydrogens (tertiary/aromatic N) is 4. The summed E-state index contributed by atoms with van der Waals surface area (Å²) in [5.74, 6) is 0.541. The van der Waals surface area contributed by atoms with Gasteiger partial charge in [-0.25, -0.2) is 4.98 Å². The molecule has 0 aromatic carbocycles. The topological polar surface area (TPSA) is 72.3 Å². The van der Waals surface area contributed by atoms with Crippen LogP contribution < -0.4 is 5.32 Å². The molecule has 3 heterocycles. The molecule has 0 saturated heterocycles. The first-order valence-corrected chi connectivity index (χ1v) is 8.56. The molecule has 0 spiro atoms. The Balaban J connectivity index is 1.64. The lowest BCUT2D eigenvalue weighted by molar-refractivity contribution is -0.144. The van der Waals surface area contributed by atoms with Gasteiger partial charge in [0, 0.05) is 25.0 Å². The Hall–Kier alpha value is -2.48. The molecule has 1 aliphatic heterocycles. The number of rotatable bonds is 6. The average molecular weight is 345 g/mol. The van der Waals surface area contributed by atoms with Crippen molar-refractivity contribution in [2.45, 2.75) is 19.0 Å². The first-order chi connectivity index (χ1) is 11.7. The first kappa shape index (κ1) is 16.4. The number of ether oxygens (including phenoxy) is 1. The molecular weight excluding hydrogens is 326 g/mol. The van der Waals surface area contributed by atoms with Crippen molar-refractivity contribution in [1.29, 1.82) is 0 Å². The molecule has 0 fully saturated rings. The van der Waals surface area contributed by atoms with Gasteiger partial charge in [0.25, 0.3) is 0 Å². The van der Waals surface area contributed by atoms with E-state index in [4.69, 9.17) is 4.74 Å². The Morgan fingerprint density at radius 1 is 1.46 bits per heavy atom. The van der Waals surface area contributed by atoms with Crippen molar-refractivity contribution < 1.29 is 9.53 Å². The quantitative estimate of drug-likeness (QED) is 0.805. The lowest BCUT2D eigenvalue weighted by Crippen LogP contribution is -2.30. The summed E-state index contributed by atoms with van der Waals surface area (Å²) in [6, 6.07) is 5.77. The van der Waals surface area contributed by atoms with Crippen molar-refractivity contribution in [1.82, 2.24) is 19.7 Å². The molecule has 126 valence electrons. The van der Waals surface area contributed by atoms with Gasteiger partial charge in [-0.2, -0.15) is 5.10 Å². The van der Waals surface area contributed by atoms with Gasteiger partial charge in [0.15, 0.2) is 5.50 Å². The molecule has 2 aromatic heterocycles. The fraction of sp³-hybridized carbons (Fsp3) is 0.312. The zero-order chi connectivity index (χ0) is 16.9. The van der Waals surface area contributed by atoms with E-state index >= 15 is 0 Å². The molecule has 0 aliphatic carbocycles. The number of carbonyl (C=O) groups is 1. The summed E-state index contributed by atoms with van der Waals surface area (Å²) in [6.07, 6.45) is 5.37. The van der Waals surface area contributed by atoms with E-state index in [0.717, 1.165) is 17.1 Å². The molecule has 1 aliphatic rings. The largest absolute Gasteiger partial charge is 0.465 e. The Morgan fingerprint density at radius 2 is 2.33 bits per heavy atom. The fourth-order valence-corrected chi connectivity index (χ4v) is 3.37. The normalized spacial score (nSPS) is 16.8. The molecule has 2 aromatic rings. The van der Waals surface area contributed by atoms with Crippen LogP contribution >= 0.6 is 11.8 Å². The third kappa shape index (κ3) is 3.70. The summed E-state index contributed by atoms with van der Waals surface area (Å²) in [6.45, 7) is 2.28. The highest BCUT2D eigenvalue weighted by atomic mass is 32.2. The number of hydrogen-bond donors (Lipinski definition) is 1. The van der Waals surface area contributed by atoms with Crippen LogP contribution in [0.15, 0.2) is 42.2 Å². The van der Waals surface area contributed by atoms with Gasteiger partial charge in [0.2, 0.25) is 0 Å². The number of pyridine rings is 1. The van der Waals surface area contributed by atoms with Crippen molar-refractivity contribution in [2.75, 3.05) is 19.0 Å². The summed E-state index contributed by atoms with van der Waals surface area (Å²) in [5.41, 5.74) is 2.06. The molecule has 24 heavy (non-hydrogen) atoms. The van der Waals surface area contributed by atoms with Crippen molar-refractivity contribution in [3.63, 3.8) is 0 Å². The molecule has 1 N–H and O–H groups in total. The maximum Gasteiger partial charge on any atom is 0.327 e. The van der Waals surface area contributed by atoms with E-state index in [9.17, 15) is 4.79 Å². The van der Waals surface area contributed by atoms with Crippen LogP contribution in [0.25, 0.3) is 5.70 Å². The van der Waals surface area contributed by atoms with Gasteiger partial charge in [0.05, 0.1) is 18.5 Å². The molecular formula is C16H19N5O2S. The van der Waals surface area contributed by atoms with E-state index in [2.05, 4.69) is 25.7 Å². The SMILES string of the molecule is CCOC(=O)Cn1cc(C2=CSC(Nc3ccccn3)N2C)cn1. The van der Waals surface area contributed by atoms with Gasteiger partial charge < -0.3 is 15.0 Å². The smallest absolute Gasteiger partial charge is 0.327 e. The van der Waals surface area contributed by atoms with Crippen LogP contribution in [0.3, 0.4) is 0 Å². The summed E-state index contributed by atoms with van der Waals surface area (Å²) < 4.78 is 6.53. The zero-order valence-corrected chi connectivity index (χ0v) is 14.4. The van der Waals surface area contributed by atoms with Crippen molar-refractivity contribution in [3.05, 3.63) is 47.8 Å². The molecule has 0 bridgehead atoms. The number of nitrogens with one attached hydrogen (secondary N) is 1. The minimum Gasteiger partial charge on any atom is -0.465 e. The van der Waals surface area contributed by atoms with Gasteiger partial charge in [-0.3, -0.25) is 9.48 Å². The van der Waals surface area contributed by atoms with E-state index in [0.29, 0.717) is 6.61 Å². The lowest BCUT2D eigenvalue weighted by Gasteiger charge is -2.25. The average Bonchev–Trinajstić information content (AvgIpc) is 3.16. The van der Waals surface area contributed by atoms with Crippen LogP contribution in [0.4, 0.5) is 5.82 Å². The second-order valence-electron chi connectivity index (χ2n) is 5.19. The van der Waals surface area contributed by atoms with Gasteiger partial charge in [0.1, 0.15) is 12.4 Å². The molecule has 0 radical (unpaired) electrons. The van der Waals surface area contributed by atoms with Gasteiger partial charge in [-0.15, -0.1) is 0 Å². The highest BCUT2D eigenvalue weighted by Crippen LogP contribution is 2.35. The summed E-state index contributed by atoms with van der Waals surface area (Å²) in [7, 11) is 2.01. The zero-order valence-electron chi connectivity index (χ0n) is 13.5. The van der Waals surface area contributed by atoms with Gasteiger partial charge >= 0.3 is 5.97 Å². The summed E-state index contributed by atoms with van der Waals surface area (Å²) >= 11 is 1.66. The number of anilines is 1. The highest BCUT2D eigenvalue weighted by Gasteiger charge is 2.25. The minimum atomic E-state index is -0.287. The maximum atomic E-state index is 11.5. The third-order valence-corrected chi connectivity index (χ3v) is 4.55. The van der Waals surface area contributed by atoms with Crippen LogP contribution in [0.1, 0.15) is 12.5 Å². The number of aromatic nitrogens is 3. The van der Waals surface area contributed by atoms with Crippen molar-refractivity contribution >= 4 is 29.2 Å². The first-order valence-electron chi connectivity index (χ1n) is 7.62. The molecule has 3 rings (SSSR count). The Labute approximate surface area is 144 Å². The fourth-order valence-electron chi connectivity index (χ4n) is 2.33. The van der Waals surface area contributed by atoms with Crippen LogP contribution in [-0.2, 0) is 16.1 Å². The molecule has 8 heteroatoms. The van der Waals surface area contributed by atoms with Gasteiger partial charge in [-0.05, 0) is 24.5 Å². The lowest BCUT2D eigenvalue weighted by atomic mass is 10.2. The Bertz CT molecular complexity index is 731. The molecule has 1 unspecified atom stereocenters. The van der Waals surface area contributed by atoms with E-state index in [1.165, 1.54) is 0 Å². The monoisotopic (exact) mass is 345 g/mol. The Morgan fingerprint density at radius 3 is 3.08 bits per heavy atom. The van der Waals surface area contributed by atoms with E-state index in [1.54, 1.807) is 35.8 Å². The van der Waals surface area contributed by atoms with Crippen LogP contribution in [0.2, 0.25) is 0 Å². The van der Waals surface area contributed by atoms with Crippen molar-refractivity contribution in [3.8, 4) is 0 Å². The summed E-state index contributed by atoms with van der Waals surface area (Å²) in [5, 5.41) is 9.68. The van der Waals surface area contributed by atoms with E-state index < -0.39 is 0 Å². The highest BCUT2D eigenvalue weighted by molar-refractivity contribution is 8.03. The number of carbonyl (C=O) groups excluding carboxylic acids is 1. The second kappa shape index (κ2) is 7.39. The standard InChI is InChI=1S/C16H19N5O2S/c1-3-23-15(22)10-21-9-12(8-18-21)13-11-24-16(20(13)2)19-14-6-4-5-7-17-14/h4-9,11,16H,3,10H2,1-2H3,(H,17,19). The molecule has 0 saturated carbocycles. The Kier molecular flexibility index (Phi) is 5.05.